The van der Waals surface area contributed by atoms with Gasteiger partial charge in [-0.1, -0.05) is 6.92 Å². The Kier molecular flexibility index (Phi) is 3.12. The normalized spacial score (nSPS) is 28.2. The Morgan fingerprint density at radius 3 is 3.00 bits per heavy atom. The SMILES string of the molecule is Cc1ccoc1CN1CCC(N)C(C)C1. The van der Waals surface area contributed by atoms with Crippen LogP contribution in [0.5, 0.6) is 0 Å². The van der Waals surface area contributed by atoms with Crippen LogP contribution >= 0.6 is 0 Å². The fourth-order valence-electron chi connectivity index (χ4n) is 2.16. The maximum atomic E-state index is 5.99. The number of hydrogen-bond acceptors (Lipinski definition) is 3. The summed E-state index contributed by atoms with van der Waals surface area (Å²) in [5.74, 6) is 1.69. The van der Waals surface area contributed by atoms with Gasteiger partial charge in [0.05, 0.1) is 12.8 Å². The van der Waals surface area contributed by atoms with Gasteiger partial charge in [-0.05, 0) is 30.9 Å². The summed E-state index contributed by atoms with van der Waals surface area (Å²) in [4.78, 5) is 2.43. The number of nitrogens with zero attached hydrogens (tertiary/aromatic N) is 1. The van der Waals surface area contributed by atoms with Crippen molar-refractivity contribution in [2.45, 2.75) is 32.9 Å². The zero-order valence-corrected chi connectivity index (χ0v) is 9.57. The minimum Gasteiger partial charge on any atom is -0.468 e. The van der Waals surface area contributed by atoms with E-state index in [2.05, 4.69) is 18.7 Å². The number of furan rings is 1. The lowest BCUT2D eigenvalue weighted by molar-refractivity contribution is 0.148. The molecule has 0 spiro atoms. The highest BCUT2D eigenvalue weighted by atomic mass is 16.3. The van der Waals surface area contributed by atoms with Crippen LogP contribution in [0.25, 0.3) is 0 Å². The molecule has 3 nitrogen and oxygen atoms in total. The van der Waals surface area contributed by atoms with Crippen molar-refractivity contribution in [1.29, 1.82) is 0 Å². The van der Waals surface area contributed by atoms with Gasteiger partial charge in [-0.2, -0.15) is 0 Å². The van der Waals surface area contributed by atoms with Gasteiger partial charge >= 0.3 is 0 Å². The van der Waals surface area contributed by atoms with E-state index in [4.69, 9.17) is 10.2 Å². The van der Waals surface area contributed by atoms with Gasteiger partial charge in [0.2, 0.25) is 0 Å². The van der Waals surface area contributed by atoms with Crippen molar-refractivity contribution in [2.75, 3.05) is 13.1 Å². The zero-order chi connectivity index (χ0) is 10.8. The first kappa shape index (κ1) is 10.7. The average molecular weight is 208 g/mol. The Hall–Kier alpha value is -0.800. The summed E-state index contributed by atoms with van der Waals surface area (Å²) in [5, 5.41) is 0. The highest BCUT2D eigenvalue weighted by molar-refractivity contribution is 5.14. The van der Waals surface area contributed by atoms with Crippen molar-refractivity contribution in [2.24, 2.45) is 11.7 Å². The Balaban J connectivity index is 1.94. The largest absolute Gasteiger partial charge is 0.468 e. The molecule has 2 rings (SSSR count). The summed E-state index contributed by atoms with van der Waals surface area (Å²) >= 11 is 0. The van der Waals surface area contributed by atoms with E-state index in [1.165, 1.54) is 5.56 Å². The Morgan fingerprint density at radius 1 is 1.60 bits per heavy atom. The number of rotatable bonds is 2. The van der Waals surface area contributed by atoms with Crippen LogP contribution < -0.4 is 5.73 Å². The van der Waals surface area contributed by atoms with Crippen LogP contribution in [-0.2, 0) is 6.54 Å². The Bertz CT molecular complexity index is 321. The lowest BCUT2D eigenvalue weighted by atomic mass is 9.95. The first-order valence-electron chi connectivity index (χ1n) is 5.67. The molecule has 0 radical (unpaired) electrons. The molecule has 84 valence electrons. The van der Waals surface area contributed by atoms with Gasteiger partial charge in [0.1, 0.15) is 5.76 Å². The van der Waals surface area contributed by atoms with Gasteiger partial charge in [0, 0.05) is 19.1 Å². The fraction of sp³-hybridized carbons (Fsp3) is 0.667. The standard InChI is InChI=1S/C12H20N2O/c1-9-4-6-15-12(9)8-14-5-3-11(13)10(2)7-14/h4,6,10-11H,3,5,7-8,13H2,1-2H3. The third kappa shape index (κ3) is 2.41. The van der Waals surface area contributed by atoms with E-state index < -0.39 is 0 Å². The molecule has 15 heavy (non-hydrogen) atoms. The molecule has 2 N–H and O–H groups in total. The summed E-state index contributed by atoms with van der Waals surface area (Å²) < 4.78 is 5.46. The van der Waals surface area contributed by atoms with E-state index >= 15 is 0 Å². The fourth-order valence-corrected chi connectivity index (χ4v) is 2.16. The average Bonchev–Trinajstić information content (AvgIpc) is 2.59. The zero-order valence-electron chi connectivity index (χ0n) is 9.57. The highest BCUT2D eigenvalue weighted by Crippen LogP contribution is 2.19. The molecule has 1 aromatic rings. The van der Waals surface area contributed by atoms with Crippen LogP contribution in [-0.4, -0.2) is 24.0 Å². The molecule has 1 aliphatic rings. The molecule has 0 saturated carbocycles. The predicted molar refractivity (Wildman–Crippen MR) is 60.5 cm³/mol. The summed E-state index contributed by atoms with van der Waals surface area (Å²) in [6, 6.07) is 2.40. The smallest absolute Gasteiger partial charge is 0.120 e. The molecule has 0 bridgehead atoms. The predicted octanol–water partition coefficient (Wildman–Crippen LogP) is 1.76. The number of nitrogens with two attached hydrogens (primary N) is 1. The molecule has 2 unspecified atom stereocenters. The van der Waals surface area contributed by atoms with Crippen molar-refractivity contribution in [3.63, 3.8) is 0 Å². The number of likely N-dealkylation sites (tertiary alicyclic amines) is 1. The minimum absolute atomic E-state index is 0.374. The molecule has 0 aliphatic carbocycles. The van der Waals surface area contributed by atoms with Gasteiger partial charge < -0.3 is 10.2 Å². The van der Waals surface area contributed by atoms with Gasteiger partial charge in [0.25, 0.3) is 0 Å². The molecule has 0 amide bonds. The lowest BCUT2D eigenvalue weighted by Gasteiger charge is -2.34. The van der Waals surface area contributed by atoms with Crippen LogP contribution in [0.2, 0.25) is 0 Å². The molecule has 1 saturated heterocycles. The molecule has 1 aromatic heterocycles. The number of aryl methyl sites for hydroxylation is 1. The van der Waals surface area contributed by atoms with E-state index in [0.717, 1.165) is 31.8 Å². The minimum atomic E-state index is 0.374. The molecule has 2 heterocycles. The molecule has 1 aliphatic heterocycles. The van der Waals surface area contributed by atoms with E-state index in [1.807, 2.05) is 6.07 Å². The van der Waals surface area contributed by atoms with E-state index in [-0.39, 0.29) is 0 Å². The van der Waals surface area contributed by atoms with Crippen LogP contribution in [0.1, 0.15) is 24.7 Å². The second-order valence-corrected chi connectivity index (χ2v) is 4.69. The third-order valence-corrected chi connectivity index (χ3v) is 3.39. The molecule has 2 atom stereocenters. The van der Waals surface area contributed by atoms with Crippen molar-refractivity contribution in [1.82, 2.24) is 4.90 Å². The summed E-state index contributed by atoms with van der Waals surface area (Å²) in [6.07, 6.45) is 2.87. The van der Waals surface area contributed by atoms with Gasteiger partial charge in [-0.15, -0.1) is 0 Å². The third-order valence-electron chi connectivity index (χ3n) is 3.39. The number of piperidine rings is 1. The second kappa shape index (κ2) is 4.37. The van der Waals surface area contributed by atoms with Crippen LogP contribution in [0.15, 0.2) is 16.7 Å². The van der Waals surface area contributed by atoms with Crippen molar-refractivity contribution in [3.8, 4) is 0 Å². The Labute approximate surface area is 91.2 Å². The van der Waals surface area contributed by atoms with Crippen molar-refractivity contribution >= 4 is 0 Å². The molecule has 3 heteroatoms. The van der Waals surface area contributed by atoms with Gasteiger partial charge in [0.15, 0.2) is 0 Å². The summed E-state index contributed by atoms with van der Waals surface area (Å²) in [5.41, 5.74) is 7.24. The topological polar surface area (TPSA) is 42.4 Å². The van der Waals surface area contributed by atoms with Crippen molar-refractivity contribution < 1.29 is 4.42 Å². The summed E-state index contributed by atoms with van der Waals surface area (Å²) in [6.45, 7) is 7.42. The van der Waals surface area contributed by atoms with Crippen LogP contribution in [0, 0.1) is 12.8 Å². The molecule has 1 fully saturated rings. The van der Waals surface area contributed by atoms with Gasteiger partial charge in [-0.25, -0.2) is 0 Å². The van der Waals surface area contributed by atoms with Gasteiger partial charge in [-0.3, -0.25) is 4.90 Å². The van der Waals surface area contributed by atoms with E-state index in [9.17, 15) is 0 Å². The summed E-state index contributed by atoms with van der Waals surface area (Å²) in [7, 11) is 0. The molecular weight excluding hydrogens is 188 g/mol. The van der Waals surface area contributed by atoms with E-state index in [0.29, 0.717) is 12.0 Å². The second-order valence-electron chi connectivity index (χ2n) is 4.69. The Morgan fingerprint density at radius 2 is 2.40 bits per heavy atom. The van der Waals surface area contributed by atoms with Crippen LogP contribution in [0.4, 0.5) is 0 Å². The maximum absolute atomic E-state index is 5.99. The quantitative estimate of drug-likeness (QED) is 0.805. The number of hydrogen-bond donors (Lipinski definition) is 1. The van der Waals surface area contributed by atoms with Crippen LogP contribution in [0.3, 0.4) is 0 Å². The first-order chi connectivity index (χ1) is 7.16. The molecular formula is C12H20N2O. The maximum Gasteiger partial charge on any atom is 0.120 e. The van der Waals surface area contributed by atoms with Crippen molar-refractivity contribution in [3.05, 3.63) is 23.7 Å². The highest BCUT2D eigenvalue weighted by Gasteiger charge is 2.23. The first-order valence-corrected chi connectivity index (χ1v) is 5.67. The lowest BCUT2D eigenvalue weighted by Crippen LogP contribution is -2.45. The molecule has 0 aromatic carbocycles. The van der Waals surface area contributed by atoms with E-state index in [1.54, 1.807) is 6.26 Å². The monoisotopic (exact) mass is 208 g/mol.